The Bertz CT molecular complexity index is 815. The largest absolute Gasteiger partial charge is 0.501 e. The molecule has 0 unspecified atom stereocenters. The molecule has 1 heterocycles. The van der Waals surface area contributed by atoms with Crippen molar-refractivity contribution in [3.8, 4) is 0 Å². The Morgan fingerprint density at radius 3 is 2.48 bits per heavy atom. The molecule has 1 aromatic carbocycles. The van der Waals surface area contributed by atoms with Gasteiger partial charge in [-0.1, -0.05) is 0 Å². The standard InChI is InChI=1S/C13H13F4N3O2S/c1-19-6-5-18-12(19)8-20(2)10-4-3-9(14)7-11(10)23(21,22)13(15,16)17/h3-7H,8H2,1-2H3. The molecule has 10 heteroatoms. The van der Waals surface area contributed by atoms with Crippen LogP contribution in [0.2, 0.25) is 0 Å². The smallest absolute Gasteiger partial charge is 0.366 e. The predicted octanol–water partition coefficient (Wildman–Crippen LogP) is 2.49. The van der Waals surface area contributed by atoms with Gasteiger partial charge in [0, 0.05) is 26.5 Å². The number of aromatic nitrogens is 2. The van der Waals surface area contributed by atoms with Crippen molar-refractivity contribution in [1.82, 2.24) is 9.55 Å². The highest BCUT2D eigenvalue weighted by Gasteiger charge is 2.48. The van der Waals surface area contributed by atoms with Gasteiger partial charge in [-0.05, 0) is 18.2 Å². The first-order valence-corrected chi connectivity index (χ1v) is 7.80. The first kappa shape index (κ1) is 17.3. The molecule has 0 amide bonds. The molecule has 23 heavy (non-hydrogen) atoms. The number of sulfone groups is 1. The maximum absolute atomic E-state index is 13.3. The monoisotopic (exact) mass is 351 g/mol. The molecule has 2 rings (SSSR count). The predicted molar refractivity (Wildman–Crippen MR) is 75.0 cm³/mol. The van der Waals surface area contributed by atoms with Crippen molar-refractivity contribution < 1.29 is 26.0 Å². The average molecular weight is 351 g/mol. The summed E-state index contributed by atoms with van der Waals surface area (Å²) in [6.07, 6.45) is 3.14. The molecule has 5 nitrogen and oxygen atoms in total. The van der Waals surface area contributed by atoms with E-state index in [0.29, 0.717) is 11.9 Å². The highest BCUT2D eigenvalue weighted by Crippen LogP contribution is 2.36. The van der Waals surface area contributed by atoms with Crippen molar-refractivity contribution >= 4 is 15.5 Å². The Balaban J connectivity index is 2.50. The maximum Gasteiger partial charge on any atom is 0.501 e. The summed E-state index contributed by atoms with van der Waals surface area (Å²) >= 11 is 0. The van der Waals surface area contributed by atoms with Crippen LogP contribution in [0, 0.1) is 5.82 Å². The van der Waals surface area contributed by atoms with Gasteiger partial charge in [0.05, 0.1) is 12.2 Å². The van der Waals surface area contributed by atoms with Crippen LogP contribution in [0.1, 0.15) is 5.82 Å². The fourth-order valence-corrected chi connectivity index (χ4v) is 3.01. The van der Waals surface area contributed by atoms with E-state index in [1.165, 1.54) is 18.1 Å². The number of alkyl halides is 3. The number of halogens is 4. The number of benzene rings is 1. The second kappa shape index (κ2) is 5.84. The van der Waals surface area contributed by atoms with Gasteiger partial charge in [-0.25, -0.2) is 17.8 Å². The Hall–Kier alpha value is -2.10. The Labute approximate surface area is 130 Å². The van der Waals surface area contributed by atoms with Crippen LogP contribution in [0.25, 0.3) is 0 Å². The van der Waals surface area contributed by atoms with Gasteiger partial charge in [-0.15, -0.1) is 0 Å². The molecule has 0 radical (unpaired) electrons. The second-order valence-electron chi connectivity index (χ2n) is 4.87. The summed E-state index contributed by atoms with van der Waals surface area (Å²) in [6.45, 7) is 0.0511. The van der Waals surface area contributed by atoms with Crippen LogP contribution < -0.4 is 4.90 Å². The van der Waals surface area contributed by atoms with Gasteiger partial charge < -0.3 is 9.47 Å². The molecule has 0 aliphatic heterocycles. The van der Waals surface area contributed by atoms with Gasteiger partial charge in [0.15, 0.2) is 0 Å². The molecule has 0 spiro atoms. The summed E-state index contributed by atoms with van der Waals surface area (Å²) in [7, 11) is -2.58. The molecular weight excluding hydrogens is 338 g/mol. The molecule has 0 bridgehead atoms. The third kappa shape index (κ3) is 3.31. The minimum Gasteiger partial charge on any atom is -0.366 e. The number of imidazole rings is 1. The van der Waals surface area contributed by atoms with E-state index in [-0.39, 0.29) is 12.2 Å². The molecule has 126 valence electrons. The van der Waals surface area contributed by atoms with Crippen LogP contribution in [0.5, 0.6) is 0 Å². The number of hydrogen-bond acceptors (Lipinski definition) is 4. The fraction of sp³-hybridized carbons (Fsp3) is 0.308. The highest BCUT2D eigenvalue weighted by molar-refractivity contribution is 7.92. The van der Waals surface area contributed by atoms with E-state index in [2.05, 4.69) is 4.98 Å². The fourth-order valence-electron chi connectivity index (χ4n) is 1.99. The molecule has 0 saturated heterocycles. The first-order chi connectivity index (χ1) is 10.5. The minimum absolute atomic E-state index is 0.0511. The minimum atomic E-state index is -5.67. The van der Waals surface area contributed by atoms with Crippen LogP contribution >= 0.6 is 0 Å². The number of anilines is 1. The summed E-state index contributed by atoms with van der Waals surface area (Å²) in [5, 5.41) is 0. The normalized spacial score (nSPS) is 12.4. The summed E-state index contributed by atoms with van der Waals surface area (Å²) in [6, 6.07) is 2.27. The lowest BCUT2D eigenvalue weighted by atomic mass is 10.3. The quantitative estimate of drug-likeness (QED) is 0.794. The van der Waals surface area contributed by atoms with Gasteiger partial charge in [0.1, 0.15) is 16.5 Å². The lowest BCUT2D eigenvalue weighted by Crippen LogP contribution is -2.27. The number of aryl methyl sites for hydroxylation is 1. The average Bonchev–Trinajstić information content (AvgIpc) is 2.82. The van der Waals surface area contributed by atoms with E-state index in [1.807, 2.05) is 0 Å². The lowest BCUT2D eigenvalue weighted by molar-refractivity contribution is -0.0435. The van der Waals surface area contributed by atoms with Crippen LogP contribution in [-0.2, 0) is 23.4 Å². The Morgan fingerprint density at radius 2 is 1.96 bits per heavy atom. The summed E-state index contributed by atoms with van der Waals surface area (Å²) in [5.74, 6) is -0.561. The molecule has 0 atom stereocenters. The third-order valence-electron chi connectivity index (χ3n) is 3.23. The molecule has 0 N–H and O–H groups in total. The third-order valence-corrected chi connectivity index (χ3v) is 4.74. The molecule has 0 fully saturated rings. The molecule has 0 aliphatic carbocycles. The van der Waals surface area contributed by atoms with E-state index in [9.17, 15) is 26.0 Å². The van der Waals surface area contributed by atoms with Gasteiger partial charge >= 0.3 is 5.51 Å². The molecule has 1 aromatic heterocycles. The van der Waals surface area contributed by atoms with Crippen molar-refractivity contribution in [2.45, 2.75) is 16.9 Å². The number of hydrogen-bond donors (Lipinski definition) is 0. The van der Waals surface area contributed by atoms with Crippen LogP contribution in [0.3, 0.4) is 0 Å². The SMILES string of the molecule is CN(Cc1nccn1C)c1ccc(F)cc1S(=O)(=O)C(F)(F)F. The van der Waals surface area contributed by atoms with Crippen molar-refractivity contribution in [2.75, 3.05) is 11.9 Å². The van der Waals surface area contributed by atoms with Crippen molar-refractivity contribution in [3.63, 3.8) is 0 Å². The van der Waals surface area contributed by atoms with Gasteiger partial charge in [-0.2, -0.15) is 13.2 Å². The van der Waals surface area contributed by atoms with Crippen LogP contribution in [0.4, 0.5) is 23.2 Å². The van der Waals surface area contributed by atoms with E-state index < -0.39 is 26.1 Å². The van der Waals surface area contributed by atoms with E-state index in [4.69, 9.17) is 0 Å². The number of nitrogens with zero attached hydrogens (tertiary/aromatic N) is 3. The zero-order valence-electron chi connectivity index (χ0n) is 12.2. The Kier molecular flexibility index (Phi) is 4.38. The van der Waals surface area contributed by atoms with Crippen molar-refractivity contribution in [1.29, 1.82) is 0 Å². The zero-order valence-corrected chi connectivity index (χ0v) is 13.0. The molecular formula is C13H13F4N3O2S. The van der Waals surface area contributed by atoms with Crippen LogP contribution in [0.15, 0.2) is 35.5 Å². The van der Waals surface area contributed by atoms with E-state index in [1.54, 1.807) is 17.8 Å². The van der Waals surface area contributed by atoms with E-state index in [0.717, 1.165) is 12.1 Å². The zero-order chi connectivity index (χ0) is 17.4. The maximum atomic E-state index is 13.3. The summed E-state index contributed by atoms with van der Waals surface area (Å²) in [5.41, 5.74) is -5.77. The van der Waals surface area contributed by atoms with Gasteiger partial charge in [0.25, 0.3) is 9.84 Å². The highest BCUT2D eigenvalue weighted by atomic mass is 32.2. The Morgan fingerprint density at radius 1 is 1.30 bits per heavy atom. The summed E-state index contributed by atoms with van der Waals surface area (Å²) < 4.78 is 76.6. The lowest BCUT2D eigenvalue weighted by Gasteiger charge is -2.22. The molecule has 0 saturated carbocycles. The first-order valence-electron chi connectivity index (χ1n) is 6.32. The second-order valence-corrected chi connectivity index (χ2v) is 6.78. The topological polar surface area (TPSA) is 55.2 Å². The van der Waals surface area contributed by atoms with Gasteiger partial charge in [0.2, 0.25) is 0 Å². The van der Waals surface area contributed by atoms with Crippen LogP contribution in [-0.4, -0.2) is 30.5 Å². The molecule has 2 aromatic rings. The van der Waals surface area contributed by atoms with E-state index >= 15 is 0 Å². The number of rotatable bonds is 4. The van der Waals surface area contributed by atoms with Crippen molar-refractivity contribution in [3.05, 3.63) is 42.2 Å². The molecule has 0 aliphatic rings. The van der Waals surface area contributed by atoms with Gasteiger partial charge in [-0.3, -0.25) is 0 Å². The summed E-state index contributed by atoms with van der Waals surface area (Å²) in [4.78, 5) is 4.16. The van der Waals surface area contributed by atoms with Crippen molar-refractivity contribution in [2.24, 2.45) is 7.05 Å².